The number of carbonyl (C=O) groups is 2. The predicted octanol–water partition coefficient (Wildman–Crippen LogP) is 2.11. The van der Waals surface area contributed by atoms with Crippen molar-refractivity contribution < 1.29 is 14.3 Å². The minimum Gasteiger partial charge on any atom is -0.462 e. The number of aromatic nitrogens is 2. The van der Waals surface area contributed by atoms with Gasteiger partial charge in [0.05, 0.1) is 24.2 Å². The van der Waals surface area contributed by atoms with E-state index < -0.39 is 0 Å². The molecule has 0 saturated carbocycles. The lowest BCUT2D eigenvalue weighted by Crippen LogP contribution is -2.22. The Morgan fingerprint density at radius 3 is 2.50 bits per heavy atom. The number of hydrogen-bond acceptors (Lipinski definition) is 4. The van der Waals surface area contributed by atoms with Crippen LogP contribution < -0.4 is 5.32 Å². The third kappa shape index (κ3) is 3.16. The van der Waals surface area contributed by atoms with Gasteiger partial charge >= 0.3 is 5.97 Å². The molecule has 0 atom stereocenters. The van der Waals surface area contributed by atoms with Crippen molar-refractivity contribution in [1.82, 2.24) is 15.1 Å². The van der Waals surface area contributed by atoms with Crippen LogP contribution in [0.2, 0.25) is 0 Å². The Morgan fingerprint density at radius 2 is 1.91 bits per heavy atom. The molecule has 1 amide bonds. The van der Waals surface area contributed by atoms with Crippen molar-refractivity contribution in [1.29, 1.82) is 0 Å². The van der Waals surface area contributed by atoms with E-state index in [0.29, 0.717) is 30.0 Å². The number of carbonyl (C=O) groups excluding carboxylic acids is 2. The highest BCUT2D eigenvalue weighted by atomic mass is 16.5. The lowest BCUT2D eigenvalue weighted by molar-refractivity contribution is 0.0525. The van der Waals surface area contributed by atoms with Crippen molar-refractivity contribution in [2.45, 2.75) is 20.8 Å². The molecular weight excluding hydrogens is 282 g/mol. The molecule has 0 unspecified atom stereocenters. The molecule has 6 nitrogen and oxygen atoms in total. The van der Waals surface area contributed by atoms with Crippen LogP contribution in [0.3, 0.4) is 0 Å². The summed E-state index contributed by atoms with van der Waals surface area (Å²) in [4.78, 5) is 23.5. The van der Waals surface area contributed by atoms with Crippen molar-refractivity contribution in [2.75, 3.05) is 13.2 Å². The van der Waals surface area contributed by atoms with Crippen LogP contribution in [0.25, 0.3) is 5.69 Å². The molecule has 0 saturated heterocycles. The largest absolute Gasteiger partial charge is 0.462 e. The SMILES string of the molecule is CCNC(=O)c1ccc(-n2ncc(C(=O)OCC)c2C)cc1. The third-order valence-electron chi connectivity index (χ3n) is 3.22. The van der Waals surface area contributed by atoms with Crippen molar-refractivity contribution in [2.24, 2.45) is 0 Å². The highest BCUT2D eigenvalue weighted by Gasteiger charge is 2.16. The Bertz CT molecular complexity index is 674. The number of rotatable bonds is 5. The summed E-state index contributed by atoms with van der Waals surface area (Å²) in [6, 6.07) is 7.04. The topological polar surface area (TPSA) is 73.2 Å². The van der Waals surface area contributed by atoms with E-state index in [-0.39, 0.29) is 11.9 Å². The number of benzene rings is 1. The molecule has 0 aliphatic heterocycles. The number of hydrogen-bond donors (Lipinski definition) is 1. The molecule has 1 N–H and O–H groups in total. The van der Waals surface area contributed by atoms with E-state index in [1.807, 2.05) is 6.92 Å². The Balaban J connectivity index is 2.26. The molecule has 6 heteroatoms. The summed E-state index contributed by atoms with van der Waals surface area (Å²) in [5.41, 5.74) is 2.50. The molecule has 0 aliphatic rings. The lowest BCUT2D eigenvalue weighted by atomic mass is 10.2. The van der Waals surface area contributed by atoms with Crippen molar-refractivity contribution in [3.8, 4) is 5.69 Å². The van der Waals surface area contributed by atoms with E-state index in [4.69, 9.17) is 4.74 Å². The summed E-state index contributed by atoms with van der Waals surface area (Å²) in [7, 11) is 0. The van der Waals surface area contributed by atoms with Gasteiger partial charge in [0.25, 0.3) is 5.91 Å². The zero-order chi connectivity index (χ0) is 16.1. The van der Waals surface area contributed by atoms with Gasteiger partial charge < -0.3 is 10.1 Å². The minimum absolute atomic E-state index is 0.113. The smallest absolute Gasteiger partial charge is 0.341 e. The quantitative estimate of drug-likeness (QED) is 0.858. The standard InChI is InChI=1S/C16H19N3O3/c1-4-17-15(20)12-6-8-13(9-7-12)19-11(3)14(10-18-19)16(21)22-5-2/h6-10H,4-5H2,1-3H3,(H,17,20). The zero-order valence-electron chi connectivity index (χ0n) is 12.9. The molecule has 1 heterocycles. The second-order valence-corrected chi connectivity index (χ2v) is 4.68. The monoisotopic (exact) mass is 301 g/mol. The zero-order valence-corrected chi connectivity index (χ0v) is 12.9. The first-order valence-corrected chi connectivity index (χ1v) is 7.18. The van der Waals surface area contributed by atoms with E-state index in [9.17, 15) is 9.59 Å². The normalized spacial score (nSPS) is 10.3. The van der Waals surface area contributed by atoms with Gasteiger partial charge in [-0.05, 0) is 45.0 Å². The molecule has 116 valence electrons. The lowest BCUT2D eigenvalue weighted by Gasteiger charge is -2.07. The van der Waals surface area contributed by atoms with E-state index in [0.717, 1.165) is 5.69 Å². The van der Waals surface area contributed by atoms with Crippen LogP contribution in [0.15, 0.2) is 30.5 Å². The first-order valence-electron chi connectivity index (χ1n) is 7.18. The van der Waals surface area contributed by atoms with Crippen molar-refractivity contribution in [3.05, 3.63) is 47.3 Å². The Morgan fingerprint density at radius 1 is 1.23 bits per heavy atom. The summed E-state index contributed by atoms with van der Waals surface area (Å²) >= 11 is 0. The highest BCUT2D eigenvalue weighted by molar-refractivity contribution is 5.94. The maximum Gasteiger partial charge on any atom is 0.341 e. The molecule has 0 spiro atoms. The molecule has 1 aromatic carbocycles. The molecule has 0 radical (unpaired) electrons. The van der Waals surface area contributed by atoms with Crippen LogP contribution in [0.5, 0.6) is 0 Å². The maximum absolute atomic E-state index is 11.8. The van der Waals surface area contributed by atoms with Crippen LogP contribution >= 0.6 is 0 Å². The number of ether oxygens (including phenoxy) is 1. The van der Waals surface area contributed by atoms with Gasteiger partial charge in [-0.2, -0.15) is 5.10 Å². The van der Waals surface area contributed by atoms with Crippen LogP contribution in [0.1, 0.15) is 40.3 Å². The Kier molecular flexibility index (Phi) is 4.93. The summed E-state index contributed by atoms with van der Waals surface area (Å²) < 4.78 is 6.64. The molecule has 0 bridgehead atoms. The number of nitrogens with zero attached hydrogens (tertiary/aromatic N) is 2. The van der Waals surface area contributed by atoms with E-state index in [1.165, 1.54) is 6.20 Å². The van der Waals surface area contributed by atoms with Gasteiger partial charge in [-0.25, -0.2) is 9.48 Å². The maximum atomic E-state index is 11.8. The predicted molar refractivity (Wildman–Crippen MR) is 82.3 cm³/mol. The molecule has 1 aromatic heterocycles. The average molecular weight is 301 g/mol. The summed E-state index contributed by atoms with van der Waals surface area (Å²) in [6.07, 6.45) is 1.49. The van der Waals surface area contributed by atoms with Gasteiger partial charge in [-0.15, -0.1) is 0 Å². The van der Waals surface area contributed by atoms with Gasteiger partial charge in [-0.3, -0.25) is 4.79 Å². The summed E-state index contributed by atoms with van der Waals surface area (Å²) in [5, 5.41) is 6.96. The molecule has 22 heavy (non-hydrogen) atoms. The van der Waals surface area contributed by atoms with Gasteiger partial charge in [0.1, 0.15) is 5.56 Å². The fourth-order valence-corrected chi connectivity index (χ4v) is 2.10. The fourth-order valence-electron chi connectivity index (χ4n) is 2.10. The Hall–Kier alpha value is -2.63. The van der Waals surface area contributed by atoms with E-state index >= 15 is 0 Å². The Labute approximate surface area is 129 Å². The first-order chi connectivity index (χ1) is 10.6. The number of nitrogens with one attached hydrogen (secondary N) is 1. The molecule has 0 fully saturated rings. The minimum atomic E-state index is -0.384. The van der Waals surface area contributed by atoms with Gasteiger partial charge in [0.15, 0.2) is 0 Å². The third-order valence-corrected chi connectivity index (χ3v) is 3.22. The molecule has 2 rings (SSSR count). The van der Waals surface area contributed by atoms with Crippen LogP contribution in [-0.2, 0) is 4.74 Å². The number of esters is 1. The molecular formula is C16H19N3O3. The van der Waals surface area contributed by atoms with Gasteiger partial charge in [0, 0.05) is 12.1 Å². The molecule has 0 aliphatic carbocycles. The van der Waals surface area contributed by atoms with Crippen molar-refractivity contribution in [3.63, 3.8) is 0 Å². The first kappa shape index (κ1) is 15.8. The summed E-state index contributed by atoms with van der Waals surface area (Å²) in [5.74, 6) is -0.497. The second kappa shape index (κ2) is 6.89. The van der Waals surface area contributed by atoms with Crippen LogP contribution in [0.4, 0.5) is 0 Å². The molecule has 2 aromatic rings. The van der Waals surface area contributed by atoms with Crippen molar-refractivity contribution >= 4 is 11.9 Å². The highest BCUT2D eigenvalue weighted by Crippen LogP contribution is 2.16. The van der Waals surface area contributed by atoms with E-state index in [2.05, 4.69) is 10.4 Å². The van der Waals surface area contributed by atoms with Gasteiger partial charge in [0.2, 0.25) is 0 Å². The van der Waals surface area contributed by atoms with Crippen LogP contribution in [0, 0.1) is 6.92 Å². The number of amides is 1. The second-order valence-electron chi connectivity index (χ2n) is 4.68. The average Bonchev–Trinajstić information content (AvgIpc) is 2.89. The van der Waals surface area contributed by atoms with Gasteiger partial charge in [-0.1, -0.05) is 0 Å². The summed E-state index contributed by atoms with van der Waals surface area (Å²) in [6.45, 7) is 6.34. The van der Waals surface area contributed by atoms with E-state index in [1.54, 1.807) is 42.8 Å². The van der Waals surface area contributed by atoms with Crippen LogP contribution in [-0.4, -0.2) is 34.8 Å². The fraction of sp³-hybridized carbons (Fsp3) is 0.312.